The van der Waals surface area contributed by atoms with Crippen molar-refractivity contribution in [3.05, 3.63) is 52.4 Å². The number of ether oxygens (including phenoxy) is 1. The number of fused-ring (bicyclic) bond motifs is 1. The number of rotatable bonds is 4. The number of benzene rings is 1. The van der Waals surface area contributed by atoms with Crippen molar-refractivity contribution < 1.29 is 23.8 Å². The fourth-order valence-corrected chi connectivity index (χ4v) is 3.29. The number of carboxylic acids is 1. The minimum Gasteiger partial charge on any atom is -0.480 e. The van der Waals surface area contributed by atoms with Crippen LogP contribution in [0.25, 0.3) is 0 Å². The Labute approximate surface area is 153 Å². The van der Waals surface area contributed by atoms with E-state index in [2.05, 4.69) is 15.9 Å². The number of nitrogens with zero attached hydrogens (tertiary/aromatic N) is 1. The van der Waals surface area contributed by atoms with Gasteiger partial charge in [0.05, 0.1) is 12.8 Å². The van der Waals surface area contributed by atoms with Crippen molar-refractivity contribution in [3.8, 4) is 5.75 Å². The molecule has 2 aromatic rings. The Morgan fingerprint density at radius 1 is 1.36 bits per heavy atom. The largest absolute Gasteiger partial charge is 0.480 e. The van der Waals surface area contributed by atoms with E-state index in [0.29, 0.717) is 17.1 Å². The summed E-state index contributed by atoms with van der Waals surface area (Å²) >= 11 is 3.36. The fraction of sp³-hybridized carbons (Fsp3) is 0.333. The van der Waals surface area contributed by atoms with Gasteiger partial charge in [0.2, 0.25) is 0 Å². The van der Waals surface area contributed by atoms with Gasteiger partial charge in [-0.15, -0.1) is 0 Å². The summed E-state index contributed by atoms with van der Waals surface area (Å²) in [6.45, 7) is 3.79. The van der Waals surface area contributed by atoms with Crippen LogP contribution in [-0.2, 0) is 16.1 Å². The van der Waals surface area contributed by atoms with Crippen LogP contribution in [0.4, 0.5) is 0 Å². The molecule has 2 unspecified atom stereocenters. The van der Waals surface area contributed by atoms with Gasteiger partial charge in [-0.3, -0.25) is 4.79 Å². The third-order valence-corrected chi connectivity index (χ3v) is 4.60. The third-order valence-electron chi connectivity index (χ3n) is 4.10. The van der Waals surface area contributed by atoms with Crippen molar-refractivity contribution >= 4 is 27.8 Å². The zero-order valence-corrected chi connectivity index (χ0v) is 15.4. The Morgan fingerprint density at radius 3 is 2.72 bits per heavy atom. The van der Waals surface area contributed by atoms with Crippen LogP contribution in [0.2, 0.25) is 0 Å². The van der Waals surface area contributed by atoms with E-state index < -0.39 is 18.1 Å². The van der Waals surface area contributed by atoms with Crippen molar-refractivity contribution in [2.45, 2.75) is 32.5 Å². The maximum Gasteiger partial charge on any atom is 0.331 e. The second kappa shape index (κ2) is 6.92. The highest BCUT2D eigenvalue weighted by molar-refractivity contribution is 9.10. The maximum atomic E-state index is 13.1. The van der Waals surface area contributed by atoms with E-state index in [9.17, 15) is 14.7 Å². The van der Waals surface area contributed by atoms with Gasteiger partial charge >= 0.3 is 5.97 Å². The topological polar surface area (TPSA) is 80.0 Å². The summed E-state index contributed by atoms with van der Waals surface area (Å²) in [4.78, 5) is 26.4. The van der Waals surface area contributed by atoms with Gasteiger partial charge in [0.1, 0.15) is 11.5 Å². The molecule has 0 bridgehead atoms. The molecule has 0 fully saturated rings. The Kier molecular flexibility index (Phi) is 4.85. The average molecular weight is 408 g/mol. The lowest BCUT2D eigenvalue weighted by Crippen LogP contribution is -2.45. The van der Waals surface area contributed by atoms with Crippen LogP contribution < -0.4 is 4.74 Å². The first-order valence-electron chi connectivity index (χ1n) is 7.90. The summed E-state index contributed by atoms with van der Waals surface area (Å²) in [6.07, 6.45) is 0.730. The number of hydrogen-bond acceptors (Lipinski definition) is 4. The minimum absolute atomic E-state index is 0.0569. The van der Waals surface area contributed by atoms with Gasteiger partial charge in [0.25, 0.3) is 5.91 Å². The van der Waals surface area contributed by atoms with Crippen molar-refractivity contribution in [1.29, 1.82) is 0 Å². The number of aliphatic carboxylic acids is 1. The van der Waals surface area contributed by atoms with Crippen LogP contribution in [0.1, 0.15) is 31.2 Å². The molecule has 6 nitrogen and oxygen atoms in total. The first-order valence-corrected chi connectivity index (χ1v) is 8.69. The zero-order valence-electron chi connectivity index (χ0n) is 13.8. The third kappa shape index (κ3) is 3.42. The molecule has 1 N–H and O–H groups in total. The first-order chi connectivity index (χ1) is 11.9. The van der Waals surface area contributed by atoms with E-state index in [0.717, 1.165) is 4.47 Å². The summed E-state index contributed by atoms with van der Waals surface area (Å²) in [6, 6.07) is 7.39. The van der Waals surface area contributed by atoms with E-state index in [-0.39, 0.29) is 18.4 Å². The van der Waals surface area contributed by atoms with Gasteiger partial charge in [-0.05, 0) is 36.2 Å². The van der Waals surface area contributed by atoms with E-state index in [4.69, 9.17) is 9.15 Å². The first kappa shape index (κ1) is 17.5. The average Bonchev–Trinajstić information content (AvgIpc) is 3.01. The molecule has 0 spiro atoms. The summed E-state index contributed by atoms with van der Waals surface area (Å²) in [5.41, 5.74) is 0.435. The van der Waals surface area contributed by atoms with Crippen molar-refractivity contribution in [2.24, 2.45) is 5.92 Å². The highest BCUT2D eigenvalue weighted by Gasteiger charge is 2.42. The molecule has 1 aromatic carbocycles. The van der Waals surface area contributed by atoms with Crippen LogP contribution in [-0.4, -0.2) is 28.0 Å². The molecule has 0 saturated heterocycles. The maximum absolute atomic E-state index is 13.1. The SMILES string of the molecule is CC(C)C1Oc2ccc(Br)cc2C(C(=O)O)N(Cc2ccco2)C1=O. The van der Waals surface area contributed by atoms with Gasteiger partial charge in [-0.2, -0.15) is 0 Å². The van der Waals surface area contributed by atoms with Gasteiger partial charge in [-0.25, -0.2) is 4.79 Å². The van der Waals surface area contributed by atoms with E-state index in [1.54, 1.807) is 30.3 Å². The Morgan fingerprint density at radius 2 is 2.12 bits per heavy atom. The van der Waals surface area contributed by atoms with Gasteiger partial charge in [0, 0.05) is 10.0 Å². The van der Waals surface area contributed by atoms with Gasteiger partial charge in [0.15, 0.2) is 12.1 Å². The lowest BCUT2D eigenvalue weighted by Gasteiger charge is -2.29. The molecule has 1 aliphatic heterocycles. The molecule has 25 heavy (non-hydrogen) atoms. The summed E-state index contributed by atoms with van der Waals surface area (Å²) in [7, 11) is 0. The minimum atomic E-state index is -1.16. The molecule has 1 aromatic heterocycles. The normalized spacial score (nSPS) is 20.2. The van der Waals surface area contributed by atoms with E-state index in [1.165, 1.54) is 11.2 Å². The number of carbonyl (C=O) groups is 2. The molecule has 2 atom stereocenters. The van der Waals surface area contributed by atoms with Gasteiger partial charge in [-0.1, -0.05) is 29.8 Å². The highest BCUT2D eigenvalue weighted by atomic mass is 79.9. The highest BCUT2D eigenvalue weighted by Crippen LogP contribution is 2.38. The molecule has 0 radical (unpaired) electrons. The lowest BCUT2D eigenvalue weighted by atomic mass is 10.0. The number of amides is 1. The van der Waals surface area contributed by atoms with Crippen molar-refractivity contribution in [1.82, 2.24) is 4.90 Å². The molecule has 0 saturated carbocycles. The van der Waals surface area contributed by atoms with Crippen LogP contribution in [0.5, 0.6) is 5.75 Å². The molecular weight excluding hydrogens is 390 g/mol. The lowest BCUT2D eigenvalue weighted by molar-refractivity contribution is -0.154. The zero-order chi connectivity index (χ0) is 18.1. The summed E-state index contributed by atoms with van der Waals surface area (Å²) < 4.78 is 12.0. The fourth-order valence-electron chi connectivity index (χ4n) is 2.91. The van der Waals surface area contributed by atoms with Crippen molar-refractivity contribution in [2.75, 3.05) is 0 Å². The molecule has 132 valence electrons. The predicted molar refractivity (Wildman–Crippen MR) is 93.0 cm³/mol. The van der Waals surface area contributed by atoms with E-state index >= 15 is 0 Å². The summed E-state index contributed by atoms with van der Waals surface area (Å²) in [5.74, 6) is -0.681. The molecule has 3 rings (SSSR count). The van der Waals surface area contributed by atoms with Crippen LogP contribution in [0, 0.1) is 5.92 Å². The summed E-state index contributed by atoms with van der Waals surface area (Å²) in [5, 5.41) is 9.85. The molecule has 7 heteroatoms. The number of hydrogen-bond donors (Lipinski definition) is 1. The standard InChI is InChI=1S/C18H18BrNO5/c1-10(2)16-17(21)20(9-12-4-3-7-24-12)15(18(22)23)13-8-11(19)5-6-14(13)25-16/h3-8,10,15-16H,9H2,1-2H3,(H,22,23). The Hall–Kier alpha value is -2.28. The Balaban J connectivity index is 2.14. The number of carbonyl (C=O) groups excluding carboxylic acids is 1. The van der Waals surface area contributed by atoms with Crippen LogP contribution in [0.3, 0.4) is 0 Å². The number of carboxylic acid groups (broad SMARTS) is 1. The second-order valence-corrected chi connectivity index (χ2v) is 7.17. The predicted octanol–water partition coefficient (Wildman–Crippen LogP) is 3.61. The van der Waals surface area contributed by atoms with Gasteiger partial charge < -0.3 is 19.2 Å². The van der Waals surface area contributed by atoms with Crippen LogP contribution in [0.15, 0.2) is 45.5 Å². The quantitative estimate of drug-likeness (QED) is 0.836. The van der Waals surface area contributed by atoms with Crippen LogP contribution >= 0.6 is 15.9 Å². The smallest absolute Gasteiger partial charge is 0.331 e. The molecule has 2 heterocycles. The second-order valence-electron chi connectivity index (χ2n) is 6.25. The number of furan rings is 1. The monoisotopic (exact) mass is 407 g/mol. The molecule has 0 aliphatic carbocycles. The van der Waals surface area contributed by atoms with E-state index in [1.807, 2.05) is 13.8 Å². The Bertz CT molecular complexity index is 787. The number of halogens is 1. The molecule has 1 amide bonds. The molecular formula is C18H18BrNO5. The molecule has 1 aliphatic rings. The van der Waals surface area contributed by atoms with Crippen molar-refractivity contribution in [3.63, 3.8) is 0 Å².